The highest BCUT2D eigenvalue weighted by Crippen LogP contribution is 2.19. The van der Waals surface area contributed by atoms with Crippen molar-refractivity contribution in [2.24, 2.45) is 0 Å². The summed E-state index contributed by atoms with van der Waals surface area (Å²) >= 11 is 0. The number of hydrogen-bond donors (Lipinski definition) is 1. The largest absolute Gasteiger partial charge is 0.494 e. The third-order valence-electron chi connectivity index (χ3n) is 3.50. The van der Waals surface area contributed by atoms with Crippen LogP contribution < -0.4 is 10.1 Å². The molecule has 122 valence electrons. The predicted octanol–water partition coefficient (Wildman–Crippen LogP) is 3.62. The minimum absolute atomic E-state index is 0.0950. The number of methoxy groups -OCH3 is 1. The average molecular weight is 324 g/mol. The first-order valence-electron chi connectivity index (χ1n) is 7.36. The average Bonchev–Trinajstić information content (AvgIpc) is 2.60. The summed E-state index contributed by atoms with van der Waals surface area (Å²) in [5.41, 5.74) is 1.24. The summed E-state index contributed by atoms with van der Waals surface area (Å²) in [5, 5.41) is 12.0. The van der Waals surface area contributed by atoms with Crippen LogP contribution in [0.5, 0.6) is 5.75 Å². The fourth-order valence-electron chi connectivity index (χ4n) is 2.19. The lowest BCUT2D eigenvalue weighted by atomic mass is 10.1. The summed E-state index contributed by atoms with van der Waals surface area (Å²) in [4.78, 5) is 12.3. The van der Waals surface area contributed by atoms with Gasteiger partial charge in [-0.2, -0.15) is 5.26 Å². The molecule has 0 radical (unpaired) electrons. The molecule has 0 aromatic heterocycles. The van der Waals surface area contributed by atoms with E-state index in [0.29, 0.717) is 5.56 Å². The molecule has 5 heteroatoms. The molecular weight excluding hydrogens is 307 g/mol. The second kappa shape index (κ2) is 7.93. The van der Waals surface area contributed by atoms with Crippen molar-refractivity contribution in [2.75, 3.05) is 7.11 Å². The third kappa shape index (κ3) is 4.20. The summed E-state index contributed by atoms with van der Waals surface area (Å²) in [6.45, 7) is 1.83. The van der Waals surface area contributed by atoms with Gasteiger partial charge in [0.15, 0.2) is 11.6 Å². The molecule has 0 bridgehead atoms. The van der Waals surface area contributed by atoms with Gasteiger partial charge >= 0.3 is 0 Å². The molecule has 2 aromatic rings. The van der Waals surface area contributed by atoms with Crippen molar-refractivity contribution in [1.29, 1.82) is 5.26 Å². The Balaban J connectivity index is 2.17. The van der Waals surface area contributed by atoms with Crippen LogP contribution in [0.3, 0.4) is 0 Å². The van der Waals surface area contributed by atoms with Gasteiger partial charge in [-0.25, -0.2) is 4.39 Å². The number of nitrogens with one attached hydrogen (secondary N) is 1. The molecule has 0 heterocycles. The number of nitrogens with zero attached hydrogens (tertiary/aromatic N) is 1. The van der Waals surface area contributed by atoms with E-state index in [-0.39, 0.29) is 17.4 Å². The summed E-state index contributed by atoms with van der Waals surface area (Å²) in [6.07, 6.45) is 1.34. The minimum atomic E-state index is -0.554. The second-order valence-electron chi connectivity index (χ2n) is 5.17. The number of hydrogen-bond acceptors (Lipinski definition) is 3. The van der Waals surface area contributed by atoms with E-state index in [2.05, 4.69) is 5.32 Å². The summed E-state index contributed by atoms with van der Waals surface area (Å²) < 4.78 is 18.5. The Hall–Kier alpha value is -3.13. The van der Waals surface area contributed by atoms with Crippen LogP contribution in [0.4, 0.5) is 4.39 Å². The van der Waals surface area contributed by atoms with Crippen LogP contribution in [0.2, 0.25) is 0 Å². The fourth-order valence-corrected chi connectivity index (χ4v) is 2.19. The standard InChI is InChI=1S/C19H17FN2O2/c1-13(15-6-4-3-5-7-15)22-19(23)16(12-21)10-14-8-9-18(24-2)17(20)11-14/h3-11,13H,1-2H3,(H,22,23)/b16-10+. The van der Waals surface area contributed by atoms with Gasteiger partial charge in [0.1, 0.15) is 11.6 Å². The maximum atomic E-state index is 13.7. The highest BCUT2D eigenvalue weighted by Gasteiger charge is 2.14. The van der Waals surface area contributed by atoms with Crippen molar-refractivity contribution in [2.45, 2.75) is 13.0 Å². The van der Waals surface area contributed by atoms with E-state index in [1.54, 1.807) is 6.07 Å². The Morgan fingerprint density at radius 2 is 2.00 bits per heavy atom. The van der Waals surface area contributed by atoms with Gasteiger partial charge in [-0.15, -0.1) is 0 Å². The van der Waals surface area contributed by atoms with Gasteiger partial charge in [-0.3, -0.25) is 4.79 Å². The highest BCUT2D eigenvalue weighted by atomic mass is 19.1. The predicted molar refractivity (Wildman–Crippen MR) is 89.5 cm³/mol. The Morgan fingerprint density at radius 1 is 1.29 bits per heavy atom. The van der Waals surface area contributed by atoms with E-state index < -0.39 is 11.7 Å². The van der Waals surface area contributed by atoms with Crippen molar-refractivity contribution in [3.8, 4) is 11.8 Å². The lowest BCUT2D eigenvalue weighted by Crippen LogP contribution is -2.27. The van der Waals surface area contributed by atoms with Crippen LogP contribution in [0.25, 0.3) is 6.08 Å². The summed E-state index contributed by atoms with van der Waals surface area (Å²) in [6, 6.07) is 15.2. The Kier molecular flexibility index (Phi) is 5.69. The first-order valence-corrected chi connectivity index (χ1v) is 7.36. The molecule has 24 heavy (non-hydrogen) atoms. The molecule has 0 fully saturated rings. The lowest BCUT2D eigenvalue weighted by Gasteiger charge is -2.13. The van der Waals surface area contributed by atoms with Crippen molar-refractivity contribution in [3.63, 3.8) is 0 Å². The number of rotatable bonds is 5. The molecule has 1 N–H and O–H groups in total. The van der Waals surface area contributed by atoms with Gasteiger partial charge in [-0.1, -0.05) is 36.4 Å². The topological polar surface area (TPSA) is 62.1 Å². The second-order valence-corrected chi connectivity index (χ2v) is 5.17. The number of benzene rings is 2. The lowest BCUT2D eigenvalue weighted by molar-refractivity contribution is -0.117. The van der Waals surface area contributed by atoms with Crippen LogP contribution >= 0.6 is 0 Å². The third-order valence-corrected chi connectivity index (χ3v) is 3.50. The van der Waals surface area contributed by atoms with Crippen LogP contribution in [0.1, 0.15) is 24.1 Å². The zero-order chi connectivity index (χ0) is 17.5. The smallest absolute Gasteiger partial charge is 0.262 e. The maximum Gasteiger partial charge on any atom is 0.262 e. The van der Waals surface area contributed by atoms with Gasteiger partial charge in [0.05, 0.1) is 13.2 Å². The van der Waals surface area contributed by atoms with Gasteiger partial charge in [0.25, 0.3) is 5.91 Å². The summed E-state index contributed by atoms with van der Waals surface area (Å²) in [5.74, 6) is -0.959. The van der Waals surface area contributed by atoms with Crippen LogP contribution in [0.15, 0.2) is 54.1 Å². The van der Waals surface area contributed by atoms with Gasteiger partial charge in [-0.05, 0) is 36.3 Å². The normalized spacial score (nSPS) is 12.2. The number of amides is 1. The number of nitriles is 1. The van der Waals surface area contributed by atoms with E-state index in [9.17, 15) is 14.4 Å². The SMILES string of the molecule is COc1ccc(/C=C(\C#N)C(=O)NC(C)c2ccccc2)cc1F. The monoisotopic (exact) mass is 324 g/mol. The first kappa shape index (κ1) is 17.2. The Labute approximate surface area is 140 Å². The molecule has 0 aliphatic heterocycles. The molecule has 0 aliphatic rings. The summed E-state index contributed by atoms with van der Waals surface area (Å²) in [7, 11) is 1.37. The number of halogens is 1. The molecule has 1 atom stereocenters. The van der Waals surface area contributed by atoms with Crippen molar-refractivity contribution < 1.29 is 13.9 Å². The highest BCUT2D eigenvalue weighted by molar-refractivity contribution is 6.01. The van der Waals surface area contributed by atoms with Crippen molar-refractivity contribution in [1.82, 2.24) is 5.32 Å². The van der Waals surface area contributed by atoms with Gasteiger partial charge < -0.3 is 10.1 Å². The Bertz CT molecular complexity index is 795. The van der Waals surface area contributed by atoms with E-state index in [4.69, 9.17) is 4.74 Å². The fraction of sp³-hybridized carbons (Fsp3) is 0.158. The molecule has 2 aromatic carbocycles. The van der Waals surface area contributed by atoms with E-state index in [0.717, 1.165) is 5.56 Å². The van der Waals surface area contributed by atoms with Crippen LogP contribution in [-0.4, -0.2) is 13.0 Å². The van der Waals surface area contributed by atoms with Crippen molar-refractivity contribution in [3.05, 3.63) is 71.0 Å². The van der Waals surface area contributed by atoms with Crippen LogP contribution in [0, 0.1) is 17.1 Å². The molecule has 1 unspecified atom stereocenters. The van der Waals surface area contributed by atoms with E-state index in [1.165, 1.54) is 25.3 Å². The maximum absolute atomic E-state index is 13.7. The Morgan fingerprint density at radius 3 is 2.58 bits per heavy atom. The zero-order valence-corrected chi connectivity index (χ0v) is 13.4. The first-order chi connectivity index (χ1) is 11.5. The molecule has 0 aliphatic carbocycles. The van der Waals surface area contributed by atoms with E-state index >= 15 is 0 Å². The molecular formula is C19H17FN2O2. The van der Waals surface area contributed by atoms with Gasteiger partial charge in [0, 0.05) is 0 Å². The quantitative estimate of drug-likeness (QED) is 0.675. The zero-order valence-electron chi connectivity index (χ0n) is 13.4. The molecule has 0 spiro atoms. The molecule has 1 amide bonds. The molecule has 4 nitrogen and oxygen atoms in total. The molecule has 0 saturated carbocycles. The minimum Gasteiger partial charge on any atom is -0.494 e. The molecule has 0 saturated heterocycles. The number of carbonyl (C=O) groups is 1. The number of carbonyl (C=O) groups excluding carboxylic acids is 1. The van der Waals surface area contributed by atoms with Crippen LogP contribution in [-0.2, 0) is 4.79 Å². The van der Waals surface area contributed by atoms with E-state index in [1.807, 2.05) is 43.3 Å². The molecule has 2 rings (SSSR count). The van der Waals surface area contributed by atoms with Gasteiger partial charge in [0.2, 0.25) is 0 Å². The van der Waals surface area contributed by atoms with Crippen molar-refractivity contribution >= 4 is 12.0 Å². The number of ether oxygens (including phenoxy) is 1.